The van der Waals surface area contributed by atoms with Crippen LogP contribution in [0.4, 0.5) is 11.6 Å². The molecule has 1 N–H and O–H groups in total. The van der Waals surface area contributed by atoms with E-state index in [4.69, 9.17) is 11.6 Å². The Morgan fingerprint density at radius 1 is 1.12 bits per heavy atom. The molecule has 0 atom stereocenters. The number of benzene rings is 2. The number of aromatic nitrogens is 4. The van der Waals surface area contributed by atoms with Crippen LogP contribution in [0.3, 0.4) is 0 Å². The predicted octanol–water partition coefficient (Wildman–Crippen LogP) is 3.52. The molecule has 0 fully saturated rings. The van der Waals surface area contributed by atoms with Gasteiger partial charge in [-0.15, -0.1) is 0 Å². The Labute approximate surface area is 148 Å². The van der Waals surface area contributed by atoms with E-state index in [1.54, 1.807) is 29.1 Å². The maximum atomic E-state index is 13.1. The van der Waals surface area contributed by atoms with E-state index in [1.165, 1.54) is 4.57 Å². The Morgan fingerprint density at radius 2 is 1.92 bits per heavy atom. The number of rotatable bonds is 3. The highest BCUT2D eigenvalue weighted by molar-refractivity contribution is 6.31. The molecule has 0 aliphatic rings. The Balaban J connectivity index is 1.99. The van der Waals surface area contributed by atoms with E-state index in [0.29, 0.717) is 27.6 Å². The third-order valence-corrected chi connectivity index (χ3v) is 4.04. The molecular formula is C18H14ClN5O. The average Bonchev–Trinajstić information content (AvgIpc) is 3.01. The first kappa shape index (κ1) is 15.4. The normalized spacial score (nSPS) is 11.0. The van der Waals surface area contributed by atoms with Crippen molar-refractivity contribution < 1.29 is 0 Å². The van der Waals surface area contributed by atoms with Crippen LogP contribution in [-0.4, -0.2) is 19.3 Å². The van der Waals surface area contributed by atoms with Crippen LogP contribution >= 0.6 is 11.6 Å². The second-order valence-corrected chi connectivity index (χ2v) is 6.04. The highest BCUT2D eigenvalue weighted by Crippen LogP contribution is 2.21. The lowest BCUT2D eigenvalue weighted by Gasteiger charge is -2.14. The van der Waals surface area contributed by atoms with Crippen molar-refractivity contribution in [3.05, 3.63) is 76.3 Å². The van der Waals surface area contributed by atoms with E-state index in [-0.39, 0.29) is 5.56 Å². The third kappa shape index (κ3) is 2.88. The number of halogens is 1. The van der Waals surface area contributed by atoms with E-state index in [9.17, 15) is 4.79 Å². The number of nitrogens with zero attached hydrogens (tertiary/aromatic N) is 4. The van der Waals surface area contributed by atoms with Gasteiger partial charge in [-0.3, -0.25) is 9.48 Å². The van der Waals surface area contributed by atoms with Gasteiger partial charge in [0.1, 0.15) is 0 Å². The van der Waals surface area contributed by atoms with Gasteiger partial charge in [-0.05, 0) is 30.3 Å². The van der Waals surface area contributed by atoms with Crippen molar-refractivity contribution >= 4 is 34.1 Å². The van der Waals surface area contributed by atoms with Crippen molar-refractivity contribution in [2.45, 2.75) is 0 Å². The van der Waals surface area contributed by atoms with Crippen molar-refractivity contribution in [2.75, 3.05) is 5.32 Å². The van der Waals surface area contributed by atoms with Gasteiger partial charge < -0.3 is 5.32 Å². The quantitative estimate of drug-likeness (QED) is 0.613. The van der Waals surface area contributed by atoms with E-state index >= 15 is 0 Å². The third-order valence-electron chi connectivity index (χ3n) is 3.81. The minimum Gasteiger partial charge on any atom is -0.323 e. The molecule has 124 valence electrons. The van der Waals surface area contributed by atoms with Crippen molar-refractivity contribution in [2.24, 2.45) is 7.05 Å². The van der Waals surface area contributed by atoms with Gasteiger partial charge in [-0.2, -0.15) is 5.10 Å². The second-order valence-electron chi connectivity index (χ2n) is 5.60. The molecule has 0 spiro atoms. The van der Waals surface area contributed by atoms with Crippen LogP contribution in [0.25, 0.3) is 16.6 Å². The molecule has 0 aliphatic carbocycles. The van der Waals surface area contributed by atoms with Crippen LogP contribution in [0.5, 0.6) is 0 Å². The minimum absolute atomic E-state index is 0.190. The minimum atomic E-state index is -0.190. The lowest BCUT2D eigenvalue weighted by molar-refractivity contribution is 0.768. The average molecular weight is 352 g/mol. The number of hydrogen-bond donors (Lipinski definition) is 1. The summed E-state index contributed by atoms with van der Waals surface area (Å²) in [6.45, 7) is 0. The topological polar surface area (TPSA) is 64.7 Å². The fourth-order valence-electron chi connectivity index (χ4n) is 2.67. The SMILES string of the molecule is Cn1cc(Nc2nc3ccc(Cl)cc3c(=O)n2-c2ccccc2)cn1. The van der Waals surface area contributed by atoms with Crippen LogP contribution in [0.1, 0.15) is 0 Å². The van der Waals surface area contributed by atoms with Crippen molar-refractivity contribution in [3.8, 4) is 5.69 Å². The standard InChI is InChI=1S/C18H14ClN5O/c1-23-11-13(10-20-23)21-18-22-16-8-7-12(19)9-15(16)17(25)24(18)14-5-3-2-4-6-14/h2-11H,1H3,(H,21,22). The summed E-state index contributed by atoms with van der Waals surface area (Å²) >= 11 is 6.06. The summed E-state index contributed by atoms with van der Waals surface area (Å²) in [6, 6.07) is 14.4. The molecule has 0 aliphatic heterocycles. The van der Waals surface area contributed by atoms with Gasteiger partial charge in [-0.25, -0.2) is 9.55 Å². The number of hydrogen-bond acceptors (Lipinski definition) is 4. The highest BCUT2D eigenvalue weighted by atomic mass is 35.5. The highest BCUT2D eigenvalue weighted by Gasteiger charge is 2.14. The number of anilines is 2. The number of aryl methyl sites for hydroxylation is 1. The molecule has 4 rings (SSSR count). The van der Waals surface area contributed by atoms with Crippen LogP contribution in [0, 0.1) is 0 Å². The molecule has 0 saturated carbocycles. The van der Waals surface area contributed by atoms with Crippen LogP contribution in [-0.2, 0) is 7.05 Å². The number of para-hydroxylation sites is 1. The molecule has 2 aromatic heterocycles. The first-order valence-electron chi connectivity index (χ1n) is 7.65. The fourth-order valence-corrected chi connectivity index (χ4v) is 2.85. The van der Waals surface area contributed by atoms with E-state index < -0.39 is 0 Å². The summed E-state index contributed by atoms with van der Waals surface area (Å²) in [6.07, 6.45) is 3.49. The summed E-state index contributed by atoms with van der Waals surface area (Å²) in [5, 5.41) is 8.27. The predicted molar refractivity (Wildman–Crippen MR) is 98.8 cm³/mol. The molecule has 6 nitrogen and oxygen atoms in total. The Morgan fingerprint density at radius 3 is 2.64 bits per heavy atom. The van der Waals surface area contributed by atoms with Gasteiger partial charge in [0.2, 0.25) is 5.95 Å². The maximum absolute atomic E-state index is 13.1. The molecule has 25 heavy (non-hydrogen) atoms. The summed E-state index contributed by atoms with van der Waals surface area (Å²) in [7, 11) is 1.82. The Kier molecular flexibility index (Phi) is 3.74. The van der Waals surface area contributed by atoms with Gasteiger partial charge in [0.05, 0.1) is 28.5 Å². The first-order valence-corrected chi connectivity index (χ1v) is 8.03. The van der Waals surface area contributed by atoms with Gasteiger partial charge in [-0.1, -0.05) is 29.8 Å². The largest absolute Gasteiger partial charge is 0.323 e. The summed E-state index contributed by atoms with van der Waals surface area (Å²) < 4.78 is 3.21. The smallest absolute Gasteiger partial charge is 0.267 e. The Hall–Kier alpha value is -3.12. The van der Waals surface area contributed by atoms with Gasteiger partial charge in [0.25, 0.3) is 5.56 Å². The zero-order valence-electron chi connectivity index (χ0n) is 13.3. The van der Waals surface area contributed by atoms with Crippen molar-refractivity contribution in [3.63, 3.8) is 0 Å². The molecule has 0 amide bonds. The lowest BCUT2D eigenvalue weighted by atomic mass is 10.2. The molecule has 0 bridgehead atoms. The van der Waals surface area contributed by atoms with Crippen LogP contribution in [0.2, 0.25) is 5.02 Å². The van der Waals surface area contributed by atoms with Crippen molar-refractivity contribution in [1.29, 1.82) is 0 Å². The monoisotopic (exact) mass is 351 g/mol. The maximum Gasteiger partial charge on any atom is 0.267 e. The van der Waals surface area contributed by atoms with Crippen LogP contribution < -0.4 is 10.9 Å². The summed E-state index contributed by atoms with van der Waals surface area (Å²) in [5.74, 6) is 0.416. The fraction of sp³-hybridized carbons (Fsp3) is 0.0556. The molecule has 2 heterocycles. The number of nitrogens with one attached hydrogen (secondary N) is 1. The zero-order valence-corrected chi connectivity index (χ0v) is 14.1. The Bertz CT molecular complexity index is 1120. The van der Waals surface area contributed by atoms with Crippen LogP contribution in [0.15, 0.2) is 65.7 Å². The molecular weight excluding hydrogens is 338 g/mol. The zero-order chi connectivity index (χ0) is 17.4. The summed E-state index contributed by atoms with van der Waals surface area (Å²) in [4.78, 5) is 17.7. The van der Waals surface area contributed by atoms with Gasteiger partial charge in [0, 0.05) is 18.3 Å². The number of fused-ring (bicyclic) bond motifs is 1. The van der Waals surface area contributed by atoms with E-state index in [1.807, 2.05) is 43.6 Å². The molecule has 2 aromatic carbocycles. The van der Waals surface area contributed by atoms with E-state index in [2.05, 4.69) is 15.4 Å². The van der Waals surface area contributed by atoms with Crippen molar-refractivity contribution in [1.82, 2.24) is 19.3 Å². The second kappa shape index (κ2) is 6.07. The van der Waals surface area contributed by atoms with E-state index in [0.717, 1.165) is 5.69 Å². The molecule has 7 heteroatoms. The molecule has 0 radical (unpaired) electrons. The molecule has 0 unspecified atom stereocenters. The molecule has 4 aromatic rings. The molecule has 0 saturated heterocycles. The first-order chi connectivity index (χ1) is 12.1. The lowest BCUT2D eigenvalue weighted by Crippen LogP contribution is -2.22. The summed E-state index contributed by atoms with van der Waals surface area (Å²) in [5.41, 5.74) is 1.85. The van der Waals surface area contributed by atoms with Gasteiger partial charge in [0.15, 0.2) is 0 Å². The van der Waals surface area contributed by atoms with Gasteiger partial charge >= 0.3 is 0 Å².